The van der Waals surface area contributed by atoms with E-state index >= 15 is 0 Å². The Morgan fingerprint density at radius 2 is 2.10 bits per heavy atom. The van der Waals surface area contributed by atoms with Crippen molar-refractivity contribution >= 4 is 11.8 Å². The van der Waals surface area contributed by atoms with Gasteiger partial charge in [-0.2, -0.15) is 0 Å². The zero-order chi connectivity index (χ0) is 15.3. The van der Waals surface area contributed by atoms with Crippen molar-refractivity contribution in [3.8, 4) is 5.75 Å². The Morgan fingerprint density at radius 3 is 2.60 bits per heavy atom. The summed E-state index contributed by atoms with van der Waals surface area (Å²) in [7, 11) is 0. The Kier molecular flexibility index (Phi) is 5.39. The van der Waals surface area contributed by atoms with Crippen molar-refractivity contribution in [3.63, 3.8) is 0 Å². The molecule has 5 nitrogen and oxygen atoms in total. The van der Waals surface area contributed by atoms with Crippen molar-refractivity contribution in [2.75, 3.05) is 5.32 Å². The third-order valence-electron chi connectivity index (χ3n) is 2.60. The number of rotatable bonds is 4. The van der Waals surface area contributed by atoms with Gasteiger partial charge in [0.05, 0.1) is 0 Å². The van der Waals surface area contributed by atoms with Gasteiger partial charge in [0, 0.05) is 17.8 Å². The number of phenolic OH excluding ortho intramolecular Hbond substituents is 1. The molecule has 0 unspecified atom stereocenters. The number of nitrogens with two attached hydrogens (primary N) is 1. The monoisotopic (exact) mass is 280 g/mol. The second-order valence-corrected chi connectivity index (χ2v) is 5.99. The molecule has 0 spiro atoms. The summed E-state index contributed by atoms with van der Waals surface area (Å²) in [5.41, 5.74) is 6.46. The molecular formula is C15H24N2O3. The summed E-state index contributed by atoms with van der Waals surface area (Å²) in [5, 5.41) is 12.5. The largest absolute Gasteiger partial charge is 0.508 e. The Morgan fingerprint density at radius 1 is 1.45 bits per heavy atom. The molecule has 0 saturated heterocycles. The molecule has 1 atom stereocenters. The second kappa shape index (κ2) is 6.61. The fourth-order valence-corrected chi connectivity index (χ4v) is 1.66. The van der Waals surface area contributed by atoms with Crippen molar-refractivity contribution in [1.29, 1.82) is 0 Å². The second-order valence-electron chi connectivity index (χ2n) is 5.99. The molecule has 0 aromatic heterocycles. The molecule has 1 amide bonds. The molecule has 1 aromatic carbocycles. The van der Waals surface area contributed by atoms with Crippen molar-refractivity contribution in [3.05, 3.63) is 23.8 Å². The van der Waals surface area contributed by atoms with E-state index in [0.717, 1.165) is 12.0 Å². The van der Waals surface area contributed by atoms with Crippen LogP contribution in [0.3, 0.4) is 0 Å². The quantitative estimate of drug-likeness (QED) is 0.791. The zero-order valence-electron chi connectivity index (χ0n) is 12.6. The van der Waals surface area contributed by atoms with Gasteiger partial charge < -0.3 is 15.6 Å². The molecule has 0 radical (unpaired) electrons. The van der Waals surface area contributed by atoms with E-state index < -0.39 is 11.7 Å². The zero-order valence-corrected chi connectivity index (χ0v) is 12.6. The number of aryl methyl sites for hydroxylation is 1. The van der Waals surface area contributed by atoms with E-state index in [9.17, 15) is 9.90 Å². The van der Waals surface area contributed by atoms with E-state index in [-0.39, 0.29) is 11.8 Å². The van der Waals surface area contributed by atoms with Gasteiger partial charge >= 0.3 is 6.09 Å². The number of carbonyl (C=O) groups excluding carboxylic acids is 1. The Bertz CT molecular complexity index is 465. The van der Waals surface area contributed by atoms with Gasteiger partial charge in [0.25, 0.3) is 0 Å². The molecule has 0 aliphatic rings. The summed E-state index contributed by atoms with van der Waals surface area (Å²) >= 11 is 0. The highest BCUT2D eigenvalue weighted by Gasteiger charge is 2.16. The van der Waals surface area contributed by atoms with Crippen LogP contribution >= 0.6 is 0 Å². The lowest BCUT2D eigenvalue weighted by molar-refractivity contribution is 0.0636. The number of hydrogen-bond acceptors (Lipinski definition) is 4. The average molecular weight is 280 g/mol. The molecule has 112 valence electrons. The summed E-state index contributed by atoms with van der Waals surface area (Å²) in [6.45, 7) is 7.30. The minimum Gasteiger partial charge on any atom is -0.508 e. The SMILES string of the molecule is C[C@@H](N)CCc1ccc(NC(=O)OC(C)(C)C)cc1O. The van der Waals surface area contributed by atoms with Gasteiger partial charge in [0.15, 0.2) is 0 Å². The Balaban J connectivity index is 2.65. The first-order valence-corrected chi connectivity index (χ1v) is 6.75. The van der Waals surface area contributed by atoms with E-state index in [0.29, 0.717) is 12.1 Å². The number of carbonyl (C=O) groups is 1. The lowest BCUT2D eigenvalue weighted by atomic mass is 10.1. The molecule has 0 aliphatic heterocycles. The van der Waals surface area contributed by atoms with E-state index in [2.05, 4.69) is 5.32 Å². The van der Waals surface area contributed by atoms with Crippen LogP contribution in [0.15, 0.2) is 18.2 Å². The molecule has 0 bridgehead atoms. The molecule has 1 rings (SSSR count). The van der Waals surface area contributed by atoms with Crippen LogP contribution in [0.25, 0.3) is 0 Å². The first-order chi connectivity index (χ1) is 9.17. The van der Waals surface area contributed by atoms with Crippen LogP contribution in [0.4, 0.5) is 10.5 Å². The normalized spacial score (nSPS) is 12.8. The van der Waals surface area contributed by atoms with Crippen LogP contribution in [0.2, 0.25) is 0 Å². The number of anilines is 1. The van der Waals surface area contributed by atoms with E-state index in [1.807, 2.05) is 6.92 Å². The van der Waals surface area contributed by atoms with Crippen LogP contribution in [0.1, 0.15) is 39.7 Å². The van der Waals surface area contributed by atoms with Gasteiger partial charge in [-0.1, -0.05) is 6.07 Å². The molecule has 20 heavy (non-hydrogen) atoms. The van der Waals surface area contributed by atoms with Gasteiger partial charge in [-0.25, -0.2) is 4.79 Å². The number of ether oxygens (including phenoxy) is 1. The predicted octanol–water partition coefficient (Wildman–Crippen LogP) is 3.02. The number of aromatic hydroxyl groups is 1. The maximum absolute atomic E-state index is 11.6. The third-order valence-corrected chi connectivity index (χ3v) is 2.60. The topological polar surface area (TPSA) is 84.6 Å². The molecule has 0 fully saturated rings. The molecule has 4 N–H and O–H groups in total. The van der Waals surface area contributed by atoms with E-state index in [4.69, 9.17) is 10.5 Å². The lowest BCUT2D eigenvalue weighted by Crippen LogP contribution is -2.27. The van der Waals surface area contributed by atoms with Crippen LogP contribution in [0.5, 0.6) is 5.75 Å². The standard InChI is InChI=1S/C15H24N2O3/c1-10(16)5-6-11-7-8-12(9-13(11)18)17-14(19)20-15(2,3)4/h7-10,18H,5-6,16H2,1-4H3,(H,17,19)/t10-/m1/s1. The minimum absolute atomic E-state index is 0.0916. The number of benzene rings is 1. The maximum atomic E-state index is 11.6. The summed E-state index contributed by atoms with van der Waals surface area (Å²) in [4.78, 5) is 11.6. The number of nitrogens with one attached hydrogen (secondary N) is 1. The molecule has 0 heterocycles. The van der Waals surface area contributed by atoms with Gasteiger partial charge in [0.2, 0.25) is 0 Å². The van der Waals surface area contributed by atoms with Crippen LogP contribution in [-0.4, -0.2) is 22.8 Å². The van der Waals surface area contributed by atoms with Crippen LogP contribution in [0, 0.1) is 0 Å². The van der Waals surface area contributed by atoms with Crippen LogP contribution in [-0.2, 0) is 11.2 Å². The highest BCUT2D eigenvalue weighted by atomic mass is 16.6. The first kappa shape index (κ1) is 16.3. The summed E-state index contributed by atoms with van der Waals surface area (Å²) < 4.78 is 5.14. The van der Waals surface area contributed by atoms with Crippen molar-refractivity contribution in [2.45, 2.75) is 52.2 Å². The minimum atomic E-state index is -0.552. The highest BCUT2D eigenvalue weighted by Crippen LogP contribution is 2.24. The average Bonchev–Trinajstić information content (AvgIpc) is 2.24. The molecule has 0 aliphatic carbocycles. The lowest BCUT2D eigenvalue weighted by Gasteiger charge is -2.19. The maximum Gasteiger partial charge on any atom is 0.412 e. The van der Waals surface area contributed by atoms with Gasteiger partial charge in [-0.15, -0.1) is 0 Å². The van der Waals surface area contributed by atoms with Gasteiger partial charge in [0.1, 0.15) is 11.4 Å². The van der Waals surface area contributed by atoms with Crippen LogP contribution < -0.4 is 11.1 Å². The Labute approximate surface area is 120 Å². The number of phenols is 1. The van der Waals surface area contributed by atoms with Crippen molar-refractivity contribution in [1.82, 2.24) is 0 Å². The summed E-state index contributed by atoms with van der Waals surface area (Å²) in [5.74, 6) is 0.152. The van der Waals surface area contributed by atoms with E-state index in [1.165, 1.54) is 6.07 Å². The smallest absolute Gasteiger partial charge is 0.412 e. The fourth-order valence-electron chi connectivity index (χ4n) is 1.66. The molecule has 1 aromatic rings. The van der Waals surface area contributed by atoms with Crippen molar-refractivity contribution in [2.24, 2.45) is 5.73 Å². The number of amides is 1. The van der Waals surface area contributed by atoms with Crippen molar-refractivity contribution < 1.29 is 14.6 Å². The fraction of sp³-hybridized carbons (Fsp3) is 0.533. The summed E-state index contributed by atoms with van der Waals surface area (Å²) in [6.07, 6.45) is 0.961. The predicted molar refractivity (Wildman–Crippen MR) is 79.9 cm³/mol. The molecular weight excluding hydrogens is 256 g/mol. The first-order valence-electron chi connectivity index (χ1n) is 6.75. The Hall–Kier alpha value is -1.75. The molecule has 5 heteroatoms. The third kappa shape index (κ3) is 5.93. The van der Waals surface area contributed by atoms with Gasteiger partial charge in [-0.05, 0) is 52.2 Å². The van der Waals surface area contributed by atoms with Gasteiger partial charge in [-0.3, -0.25) is 5.32 Å². The van der Waals surface area contributed by atoms with E-state index in [1.54, 1.807) is 32.9 Å². The highest BCUT2D eigenvalue weighted by molar-refractivity contribution is 5.85. The molecule has 0 saturated carbocycles. The summed E-state index contributed by atoms with van der Waals surface area (Å²) in [6, 6.07) is 5.12. The number of hydrogen-bond donors (Lipinski definition) is 3.